The third kappa shape index (κ3) is 1.99. The molecule has 0 unspecified atom stereocenters. The fraction of sp³-hybridized carbons (Fsp3) is 0.455. The molecule has 0 spiro atoms. The molecular formula is C11H15NO3. The highest BCUT2D eigenvalue weighted by Crippen LogP contribution is 2.39. The standard InChI is InChI=1S/C11H15NO3/c1-11(4-5-11)12-6-7-2-3-8(13)10(15)9(7)14/h2-3,12-15H,4-6H2,1H3. The second-order valence-corrected chi connectivity index (χ2v) is 4.36. The number of phenols is 3. The van der Waals surface area contributed by atoms with Gasteiger partial charge < -0.3 is 20.6 Å². The minimum atomic E-state index is -0.449. The normalized spacial score (nSPS) is 17.7. The van der Waals surface area contributed by atoms with Crippen LogP contribution in [-0.2, 0) is 6.54 Å². The van der Waals surface area contributed by atoms with Crippen molar-refractivity contribution < 1.29 is 15.3 Å². The van der Waals surface area contributed by atoms with Gasteiger partial charge in [-0.25, -0.2) is 0 Å². The van der Waals surface area contributed by atoms with Crippen molar-refractivity contribution in [1.82, 2.24) is 5.32 Å². The van der Waals surface area contributed by atoms with E-state index in [2.05, 4.69) is 12.2 Å². The van der Waals surface area contributed by atoms with Crippen molar-refractivity contribution in [3.05, 3.63) is 17.7 Å². The summed E-state index contributed by atoms with van der Waals surface area (Å²) in [5.41, 5.74) is 0.776. The van der Waals surface area contributed by atoms with Gasteiger partial charge in [-0.3, -0.25) is 0 Å². The van der Waals surface area contributed by atoms with Gasteiger partial charge in [0.2, 0.25) is 5.75 Å². The van der Waals surface area contributed by atoms with Gasteiger partial charge in [0, 0.05) is 17.6 Å². The summed E-state index contributed by atoms with van der Waals surface area (Å²) in [5, 5.41) is 31.3. The summed E-state index contributed by atoms with van der Waals surface area (Å²) in [6.45, 7) is 2.61. The molecule has 0 saturated heterocycles. The van der Waals surface area contributed by atoms with Crippen LogP contribution in [0, 0.1) is 0 Å². The van der Waals surface area contributed by atoms with E-state index >= 15 is 0 Å². The van der Waals surface area contributed by atoms with Crippen molar-refractivity contribution in [1.29, 1.82) is 0 Å². The van der Waals surface area contributed by atoms with Crippen LogP contribution in [0.3, 0.4) is 0 Å². The number of aromatic hydroxyl groups is 3. The lowest BCUT2D eigenvalue weighted by molar-refractivity contribution is 0.363. The number of hydrogen-bond donors (Lipinski definition) is 4. The van der Waals surface area contributed by atoms with Crippen LogP contribution in [0.5, 0.6) is 17.2 Å². The van der Waals surface area contributed by atoms with Gasteiger partial charge in [-0.2, -0.15) is 0 Å². The highest BCUT2D eigenvalue weighted by Gasteiger charge is 2.36. The fourth-order valence-corrected chi connectivity index (χ4v) is 1.43. The van der Waals surface area contributed by atoms with E-state index in [0.717, 1.165) is 12.8 Å². The van der Waals surface area contributed by atoms with Gasteiger partial charge in [0.05, 0.1) is 0 Å². The molecule has 1 fully saturated rings. The summed E-state index contributed by atoms with van der Waals surface area (Å²) >= 11 is 0. The molecule has 0 heterocycles. The summed E-state index contributed by atoms with van der Waals surface area (Å²) in [5.74, 6) is -0.990. The molecule has 0 aromatic heterocycles. The largest absolute Gasteiger partial charge is 0.504 e. The molecule has 0 radical (unpaired) electrons. The Morgan fingerprint density at radius 1 is 1.20 bits per heavy atom. The topological polar surface area (TPSA) is 72.7 Å². The van der Waals surface area contributed by atoms with E-state index in [1.54, 1.807) is 6.07 Å². The lowest BCUT2D eigenvalue weighted by Gasteiger charge is -2.13. The average Bonchev–Trinajstić information content (AvgIpc) is 2.93. The lowest BCUT2D eigenvalue weighted by Crippen LogP contribution is -2.26. The first-order chi connectivity index (χ1) is 7.02. The first-order valence-electron chi connectivity index (χ1n) is 5.00. The van der Waals surface area contributed by atoms with Crippen LogP contribution in [0.4, 0.5) is 0 Å². The Kier molecular flexibility index (Phi) is 2.23. The molecule has 0 atom stereocenters. The van der Waals surface area contributed by atoms with Gasteiger partial charge in [0.25, 0.3) is 0 Å². The molecule has 0 aliphatic heterocycles. The maximum absolute atomic E-state index is 9.55. The molecule has 1 aliphatic carbocycles. The van der Waals surface area contributed by atoms with E-state index in [1.165, 1.54) is 6.07 Å². The zero-order valence-corrected chi connectivity index (χ0v) is 8.62. The molecule has 4 nitrogen and oxygen atoms in total. The Morgan fingerprint density at radius 3 is 2.47 bits per heavy atom. The van der Waals surface area contributed by atoms with E-state index in [4.69, 9.17) is 5.11 Å². The number of phenolic OH excluding ortho intramolecular Hbond substituents is 3. The van der Waals surface area contributed by atoms with Crippen molar-refractivity contribution in [3.63, 3.8) is 0 Å². The van der Waals surface area contributed by atoms with Crippen LogP contribution >= 0.6 is 0 Å². The highest BCUT2D eigenvalue weighted by atomic mass is 16.3. The Bertz CT molecular complexity index is 386. The zero-order chi connectivity index (χ0) is 11.1. The predicted molar refractivity (Wildman–Crippen MR) is 55.9 cm³/mol. The summed E-state index contributed by atoms with van der Waals surface area (Å²) < 4.78 is 0. The number of hydrogen-bond acceptors (Lipinski definition) is 4. The lowest BCUT2D eigenvalue weighted by atomic mass is 10.1. The van der Waals surface area contributed by atoms with Gasteiger partial charge >= 0.3 is 0 Å². The second-order valence-electron chi connectivity index (χ2n) is 4.36. The van der Waals surface area contributed by atoms with Crippen LogP contribution in [0.15, 0.2) is 12.1 Å². The van der Waals surface area contributed by atoms with E-state index in [9.17, 15) is 10.2 Å². The van der Waals surface area contributed by atoms with Crippen molar-refractivity contribution in [2.75, 3.05) is 0 Å². The first kappa shape index (κ1) is 10.1. The molecule has 2 rings (SSSR count). The SMILES string of the molecule is CC1(NCc2ccc(O)c(O)c2O)CC1. The number of benzene rings is 1. The van der Waals surface area contributed by atoms with Crippen LogP contribution in [0.1, 0.15) is 25.3 Å². The third-order valence-electron chi connectivity index (χ3n) is 2.92. The second kappa shape index (κ2) is 3.31. The third-order valence-corrected chi connectivity index (χ3v) is 2.92. The van der Waals surface area contributed by atoms with Gasteiger partial charge in [-0.1, -0.05) is 6.07 Å². The highest BCUT2D eigenvalue weighted by molar-refractivity contribution is 5.53. The molecule has 0 amide bonds. The summed E-state index contributed by atoms with van der Waals surface area (Å²) in [7, 11) is 0. The van der Waals surface area contributed by atoms with Crippen molar-refractivity contribution in [3.8, 4) is 17.2 Å². The molecule has 1 saturated carbocycles. The minimum absolute atomic E-state index is 0.181. The molecule has 15 heavy (non-hydrogen) atoms. The number of rotatable bonds is 3. The zero-order valence-electron chi connectivity index (χ0n) is 8.62. The molecule has 4 N–H and O–H groups in total. The van der Waals surface area contributed by atoms with Crippen LogP contribution in [0.25, 0.3) is 0 Å². The molecule has 1 aromatic rings. The summed E-state index contributed by atoms with van der Waals surface area (Å²) in [6, 6.07) is 2.98. The Hall–Kier alpha value is -1.42. The van der Waals surface area contributed by atoms with E-state index in [0.29, 0.717) is 12.1 Å². The predicted octanol–water partition coefficient (Wildman–Crippen LogP) is 1.45. The first-order valence-corrected chi connectivity index (χ1v) is 5.00. The van der Waals surface area contributed by atoms with Crippen LogP contribution < -0.4 is 5.32 Å². The minimum Gasteiger partial charge on any atom is -0.504 e. The van der Waals surface area contributed by atoms with Crippen LogP contribution in [0.2, 0.25) is 0 Å². The quantitative estimate of drug-likeness (QED) is 0.568. The number of nitrogens with one attached hydrogen (secondary N) is 1. The van der Waals surface area contributed by atoms with Crippen LogP contribution in [-0.4, -0.2) is 20.9 Å². The summed E-state index contributed by atoms with van der Waals surface area (Å²) in [6.07, 6.45) is 2.27. The molecular weight excluding hydrogens is 194 g/mol. The van der Waals surface area contributed by atoms with Crippen molar-refractivity contribution >= 4 is 0 Å². The summed E-state index contributed by atoms with van der Waals surface area (Å²) in [4.78, 5) is 0. The Morgan fingerprint density at radius 2 is 1.87 bits per heavy atom. The van der Waals surface area contributed by atoms with Crippen molar-refractivity contribution in [2.45, 2.75) is 31.8 Å². The van der Waals surface area contributed by atoms with Gasteiger partial charge in [-0.15, -0.1) is 0 Å². The fourth-order valence-electron chi connectivity index (χ4n) is 1.43. The average molecular weight is 209 g/mol. The molecule has 1 aliphatic rings. The van der Waals surface area contributed by atoms with E-state index < -0.39 is 5.75 Å². The van der Waals surface area contributed by atoms with E-state index in [-0.39, 0.29) is 17.0 Å². The maximum Gasteiger partial charge on any atom is 0.200 e. The molecule has 82 valence electrons. The molecule has 1 aromatic carbocycles. The Balaban J connectivity index is 2.11. The Labute approximate surface area is 88.2 Å². The van der Waals surface area contributed by atoms with E-state index in [1.807, 2.05) is 0 Å². The van der Waals surface area contributed by atoms with Gasteiger partial charge in [-0.05, 0) is 25.8 Å². The maximum atomic E-state index is 9.55. The monoisotopic (exact) mass is 209 g/mol. The smallest absolute Gasteiger partial charge is 0.200 e. The molecule has 0 bridgehead atoms. The molecule has 4 heteroatoms. The van der Waals surface area contributed by atoms with Gasteiger partial charge in [0.15, 0.2) is 11.5 Å². The van der Waals surface area contributed by atoms with Crippen molar-refractivity contribution in [2.24, 2.45) is 0 Å². The van der Waals surface area contributed by atoms with Gasteiger partial charge in [0.1, 0.15) is 0 Å².